The number of rotatable bonds is 10. The number of para-hydroxylation sites is 2. The first-order valence-corrected chi connectivity index (χ1v) is 11.2. The Morgan fingerprint density at radius 3 is 2.18 bits per heavy atom. The van der Waals surface area contributed by atoms with Gasteiger partial charge in [0.15, 0.2) is 0 Å². The molecule has 0 bridgehead atoms. The van der Waals surface area contributed by atoms with Crippen molar-refractivity contribution in [3.05, 3.63) is 96.1 Å². The first-order chi connectivity index (χ1) is 16.0. The van der Waals surface area contributed by atoms with Gasteiger partial charge in [0.25, 0.3) is 5.91 Å². The summed E-state index contributed by atoms with van der Waals surface area (Å²) < 4.78 is 0. The molecule has 0 aliphatic carbocycles. The van der Waals surface area contributed by atoms with Crippen LogP contribution in [0.2, 0.25) is 0 Å². The zero-order chi connectivity index (χ0) is 23.6. The van der Waals surface area contributed by atoms with Crippen LogP contribution < -0.4 is 15.5 Å². The SMILES string of the molecule is CCC(O)CN(CC(=O)Nc1ccccc1C(=O)NC(C)c1ccccc1)c1ccccc1. The third-order valence-electron chi connectivity index (χ3n) is 5.45. The molecular formula is C27H31N3O3. The summed E-state index contributed by atoms with van der Waals surface area (Å²) in [7, 11) is 0. The Labute approximate surface area is 195 Å². The monoisotopic (exact) mass is 445 g/mol. The summed E-state index contributed by atoms with van der Waals surface area (Å²) >= 11 is 0. The van der Waals surface area contributed by atoms with Crippen LogP contribution in [0.15, 0.2) is 84.9 Å². The lowest BCUT2D eigenvalue weighted by atomic mass is 10.1. The summed E-state index contributed by atoms with van der Waals surface area (Å²) in [5.74, 6) is -0.526. The summed E-state index contributed by atoms with van der Waals surface area (Å²) in [5.41, 5.74) is 2.70. The summed E-state index contributed by atoms with van der Waals surface area (Å²) in [4.78, 5) is 27.7. The topological polar surface area (TPSA) is 81.7 Å². The van der Waals surface area contributed by atoms with E-state index < -0.39 is 6.10 Å². The fourth-order valence-electron chi connectivity index (χ4n) is 3.54. The molecule has 2 amide bonds. The van der Waals surface area contributed by atoms with Crippen molar-refractivity contribution < 1.29 is 14.7 Å². The van der Waals surface area contributed by atoms with E-state index in [-0.39, 0.29) is 24.4 Å². The Kier molecular flexibility index (Phi) is 8.61. The van der Waals surface area contributed by atoms with Gasteiger partial charge in [-0.1, -0.05) is 67.6 Å². The highest BCUT2D eigenvalue weighted by atomic mass is 16.3. The highest BCUT2D eigenvalue weighted by Gasteiger charge is 2.19. The number of amides is 2. The molecule has 3 aromatic rings. The quantitative estimate of drug-likeness (QED) is 0.432. The molecule has 0 aromatic heterocycles. The van der Waals surface area contributed by atoms with E-state index >= 15 is 0 Å². The molecule has 0 aliphatic rings. The molecule has 0 fully saturated rings. The number of aliphatic hydroxyl groups is 1. The maximum absolute atomic E-state index is 13.0. The van der Waals surface area contributed by atoms with Gasteiger partial charge in [0.2, 0.25) is 5.91 Å². The smallest absolute Gasteiger partial charge is 0.253 e. The average Bonchev–Trinajstić information content (AvgIpc) is 2.84. The number of nitrogens with one attached hydrogen (secondary N) is 2. The van der Waals surface area contributed by atoms with Gasteiger partial charge in [-0.15, -0.1) is 0 Å². The van der Waals surface area contributed by atoms with E-state index in [1.54, 1.807) is 24.3 Å². The van der Waals surface area contributed by atoms with Gasteiger partial charge in [-0.05, 0) is 43.2 Å². The molecule has 3 aromatic carbocycles. The van der Waals surface area contributed by atoms with Crippen LogP contribution in [0.3, 0.4) is 0 Å². The molecule has 2 unspecified atom stereocenters. The number of carbonyl (C=O) groups is 2. The molecule has 0 heterocycles. The summed E-state index contributed by atoms with van der Waals surface area (Å²) in [6, 6.07) is 26.0. The van der Waals surface area contributed by atoms with Gasteiger partial charge in [0.05, 0.1) is 29.9 Å². The summed E-state index contributed by atoms with van der Waals surface area (Å²) in [6.45, 7) is 4.21. The number of benzene rings is 3. The van der Waals surface area contributed by atoms with E-state index in [2.05, 4.69) is 10.6 Å². The maximum Gasteiger partial charge on any atom is 0.253 e. The molecule has 2 atom stereocenters. The molecule has 0 saturated carbocycles. The van der Waals surface area contributed by atoms with Crippen molar-refractivity contribution in [2.75, 3.05) is 23.3 Å². The summed E-state index contributed by atoms with van der Waals surface area (Å²) in [5, 5.41) is 16.0. The van der Waals surface area contributed by atoms with Crippen LogP contribution in [-0.2, 0) is 4.79 Å². The van der Waals surface area contributed by atoms with Crippen LogP contribution in [0, 0.1) is 0 Å². The van der Waals surface area contributed by atoms with Crippen molar-refractivity contribution in [2.45, 2.75) is 32.4 Å². The molecule has 3 N–H and O–H groups in total. The number of aliphatic hydroxyl groups excluding tert-OH is 1. The van der Waals surface area contributed by atoms with Crippen LogP contribution >= 0.6 is 0 Å². The van der Waals surface area contributed by atoms with Crippen molar-refractivity contribution in [1.82, 2.24) is 5.32 Å². The van der Waals surface area contributed by atoms with E-state index in [9.17, 15) is 14.7 Å². The molecule has 6 nitrogen and oxygen atoms in total. The molecule has 0 saturated heterocycles. The largest absolute Gasteiger partial charge is 0.391 e. The van der Waals surface area contributed by atoms with Gasteiger partial charge < -0.3 is 20.6 Å². The molecular weight excluding hydrogens is 414 g/mol. The highest BCUT2D eigenvalue weighted by molar-refractivity contribution is 6.04. The van der Waals surface area contributed by atoms with Crippen LogP contribution in [0.5, 0.6) is 0 Å². The molecule has 3 rings (SSSR count). The van der Waals surface area contributed by atoms with Crippen LogP contribution in [-0.4, -0.2) is 36.1 Å². The van der Waals surface area contributed by atoms with E-state index in [4.69, 9.17) is 0 Å². The molecule has 6 heteroatoms. The molecule has 0 radical (unpaired) electrons. The predicted molar refractivity (Wildman–Crippen MR) is 132 cm³/mol. The number of anilines is 2. The lowest BCUT2D eigenvalue weighted by molar-refractivity contribution is -0.115. The van der Waals surface area contributed by atoms with E-state index in [0.717, 1.165) is 11.3 Å². The highest BCUT2D eigenvalue weighted by Crippen LogP contribution is 2.19. The Bertz CT molecular complexity index is 1040. The van der Waals surface area contributed by atoms with Crippen LogP contribution in [0.1, 0.15) is 42.2 Å². The second-order valence-corrected chi connectivity index (χ2v) is 7.98. The van der Waals surface area contributed by atoms with Crippen LogP contribution in [0.25, 0.3) is 0 Å². The number of nitrogens with zero attached hydrogens (tertiary/aromatic N) is 1. The summed E-state index contributed by atoms with van der Waals surface area (Å²) in [6.07, 6.45) is 0.0450. The number of hydrogen-bond donors (Lipinski definition) is 3. The van der Waals surface area contributed by atoms with E-state index in [1.165, 1.54) is 0 Å². The average molecular weight is 446 g/mol. The minimum Gasteiger partial charge on any atom is -0.391 e. The fraction of sp³-hybridized carbons (Fsp3) is 0.259. The fourth-order valence-corrected chi connectivity index (χ4v) is 3.54. The number of carbonyl (C=O) groups excluding carboxylic acids is 2. The van der Waals surface area contributed by atoms with Gasteiger partial charge in [-0.25, -0.2) is 0 Å². The normalized spacial score (nSPS) is 12.5. The second kappa shape index (κ2) is 11.8. The van der Waals surface area contributed by atoms with Crippen LogP contribution in [0.4, 0.5) is 11.4 Å². The maximum atomic E-state index is 13.0. The Morgan fingerprint density at radius 2 is 1.52 bits per heavy atom. The van der Waals surface area contributed by atoms with Crippen molar-refractivity contribution >= 4 is 23.2 Å². The zero-order valence-electron chi connectivity index (χ0n) is 19.1. The zero-order valence-corrected chi connectivity index (χ0v) is 19.1. The van der Waals surface area contributed by atoms with Crippen molar-refractivity contribution in [3.8, 4) is 0 Å². The Morgan fingerprint density at radius 1 is 0.909 bits per heavy atom. The lowest BCUT2D eigenvalue weighted by Crippen LogP contribution is -2.38. The van der Waals surface area contributed by atoms with Gasteiger partial charge in [-0.2, -0.15) is 0 Å². The Hall–Kier alpha value is -3.64. The minimum atomic E-state index is -0.546. The lowest BCUT2D eigenvalue weighted by Gasteiger charge is -2.26. The Balaban J connectivity index is 1.71. The minimum absolute atomic E-state index is 0.0530. The molecule has 172 valence electrons. The third kappa shape index (κ3) is 6.92. The van der Waals surface area contributed by atoms with Crippen molar-refractivity contribution in [1.29, 1.82) is 0 Å². The standard InChI is InChI=1S/C27H31N3O3/c1-3-23(31)18-30(22-14-8-5-9-15-22)19-26(32)29-25-17-11-10-16-24(25)27(33)28-20(2)21-12-6-4-7-13-21/h4-17,20,23,31H,3,18-19H2,1-2H3,(H,28,33)(H,29,32). The first kappa shape index (κ1) is 24.0. The van der Waals surface area contributed by atoms with Gasteiger partial charge >= 0.3 is 0 Å². The second-order valence-electron chi connectivity index (χ2n) is 7.98. The first-order valence-electron chi connectivity index (χ1n) is 11.2. The van der Waals surface area contributed by atoms with Gasteiger partial charge in [-0.3, -0.25) is 9.59 Å². The van der Waals surface area contributed by atoms with Crippen molar-refractivity contribution in [2.24, 2.45) is 0 Å². The number of hydrogen-bond acceptors (Lipinski definition) is 4. The van der Waals surface area contributed by atoms with Gasteiger partial charge in [0.1, 0.15) is 0 Å². The van der Waals surface area contributed by atoms with E-state index in [0.29, 0.717) is 24.2 Å². The molecule has 0 aliphatic heterocycles. The predicted octanol–water partition coefficient (Wildman–Crippen LogP) is 4.39. The van der Waals surface area contributed by atoms with E-state index in [1.807, 2.05) is 79.4 Å². The molecule has 0 spiro atoms. The third-order valence-corrected chi connectivity index (χ3v) is 5.45. The van der Waals surface area contributed by atoms with Gasteiger partial charge in [0, 0.05) is 12.2 Å². The van der Waals surface area contributed by atoms with Crippen molar-refractivity contribution in [3.63, 3.8) is 0 Å². The molecule has 33 heavy (non-hydrogen) atoms.